The van der Waals surface area contributed by atoms with Gasteiger partial charge >= 0.3 is 0 Å². The van der Waals surface area contributed by atoms with Crippen molar-refractivity contribution in [2.45, 2.75) is 6.54 Å². The van der Waals surface area contributed by atoms with Crippen LogP contribution in [0.2, 0.25) is 10.0 Å². The highest BCUT2D eigenvalue weighted by Gasteiger charge is 2.42. The van der Waals surface area contributed by atoms with Crippen molar-refractivity contribution in [1.29, 1.82) is 0 Å². The van der Waals surface area contributed by atoms with Crippen LogP contribution in [0.1, 0.15) is 11.1 Å². The minimum Gasteiger partial charge on any atom is -0.325 e. The van der Waals surface area contributed by atoms with Crippen LogP contribution in [0, 0.1) is 0 Å². The number of thioether (sulfide) groups is 1. The summed E-state index contributed by atoms with van der Waals surface area (Å²) < 4.78 is 0.339. The molecule has 180 valence electrons. The van der Waals surface area contributed by atoms with Gasteiger partial charge in [0.1, 0.15) is 10.9 Å². The van der Waals surface area contributed by atoms with Crippen LogP contribution in [0.5, 0.6) is 0 Å². The predicted octanol–water partition coefficient (Wildman–Crippen LogP) is 5.75. The van der Waals surface area contributed by atoms with E-state index in [2.05, 4.69) is 5.32 Å². The number of hydrogen-bond donors (Lipinski definition) is 1. The molecule has 2 aliphatic heterocycles. The molecule has 36 heavy (non-hydrogen) atoms. The van der Waals surface area contributed by atoms with Gasteiger partial charge in [-0.25, -0.2) is 0 Å². The number of thiocarbonyl (C=S) groups is 1. The molecule has 0 radical (unpaired) electrons. The lowest BCUT2D eigenvalue weighted by Gasteiger charge is -2.17. The molecule has 0 aromatic heterocycles. The van der Waals surface area contributed by atoms with Crippen LogP contribution in [-0.4, -0.2) is 33.5 Å². The number of carbonyl (C=O) groups excluding carboxylic acids is 3. The van der Waals surface area contributed by atoms with Crippen LogP contribution in [0.3, 0.4) is 0 Å². The summed E-state index contributed by atoms with van der Waals surface area (Å²) in [5.41, 5.74) is 2.69. The van der Waals surface area contributed by atoms with E-state index in [-0.39, 0.29) is 35.4 Å². The van der Waals surface area contributed by atoms with Crippen molar-refractivity contribution in [3.63, 3.8) is 0 Å². The van der Waals surface area contributed by atoms with E-state index in [0.717, 1.165) is 17.3 Å². The van der Waals surface area contributed by atoms with E-state index in [0.29, 0.717) is 31.3 Å². The summed E-state index contributed by atoms with van der Waals surface area (Å²) in [6.45, 7) is -0.0218. The van der Waals surface area contributed by atoms with E-state index in [4.69, 9.17) is 35.4 Å². The number of rotatable bonds is 5. The zero-order chi connectivity index (χ0) is 25.4. The Morgan fingerprint density at radius 2 is 1.58 bits per heavy atom. The normalized spacial score (nSPS) is 17.1. The molecule has 3 amide bonds. The summed E-state index contributed by atoms with van der Waals surface area (Å²) in [7, 11) is 0. The molecular weight excluding hydrogens is 537 g/mol. The van der Waals surface area contributed by atoms with E-state index < -0.39 is 5.91 Å². The zero-order valence-corrected chi connectivity index (χ0v) is 21.7. The fourth-order valence-electron chi connectivity index (χ4n) is 4.02. The maximum Gasteiger partial charge on any atom is 0.267 e. The minimum absolute atomic E-state index is 0.199. The Hall–Kier alpha value is -3.17. The Balaban J connectivity index is 1.43. The maximum atomic E-state index is 13.6. The summed E-state index contributed by atoms with van der Waals surface area (Å²) in [6.07, 6.45) is 0. The third-order valence-corrected chi connectivity index (χ3v) is 7.78. The molecule has 6 nitrogen and oxygen atoms in total. The van der Waals surface area contributed by atoms with Gasteiger partial charge in [0.2, 0.25) is 5.91 Å². The first-order valence-corrected chi connectivity index (χ1v) is 12.8. The average molecular weight is 554 g/mol. The van der Waals surface area contributed by atoms with Gasteiger partial charge < -0.3 is 5.32 Å². The molecule has 3 aromatic rings. The van der Waals surface area contributed by atoms with Crippen molar-refractivity contribution >= 4 is 86.2 Å². The molecule has 0 atom stereocenters. The number of anilines is 2. The first-order chi connectivity index (χ1) is 17.3. The Morgan fingerprint density at radius 1 is 0.889 bits per heavy atom. The fraction of sp³-hybridized carbons (Fsp3) is 0.0769. The van der Waals surface area contributed by atoms with Gasteiger partial charge in [0.05, 0.1) is 22.7 Å². The number of para-hydroxylation sites is 1. The molecule has 3 aromatic carbocycles. The summed E-state index contributed by atoms with van der Waals surface area (Å²) >= 11 is 18.7. The van der Waals surface area contributed by atoms with Crippen molar-refractivity contribution in [2.75, 3.05) is 16.8 Å². The number of carbonyl (C=O) groups is 3. The second-order valence-electron chi connectivity index (χ2n) is 8.02. The second-order valence-corrected chi connectivity index (χ2v) is 10.5. The van der Waals surface area contributed by atoms with Crippen LogP contribution >= 0.6 is 47.2 Å². The van der Waals surface area contributed by atoms with Crippen LogP contribution in [0.15, 0.2) is 77.7 Å². The van der Waals surface area contributed by atoms with Crippen LogP contribution in [-0.2, 0) is 20.9 Å². The lowest BCUT2D eigenvalue weighted by atomic mass is 10.1. The number of benzene rings is 3. The topological polar surface area (TPSA) is 69.7 Å². The molecule has 0 unspecified atom stereocenters. The molecule has 1 fully saturated rings. The Kier molecular flexibility index (Phi) is 6.85. The smallest absolute Gasteiger partial charge is 0.267 e. The highest BCUT2D eigenvalue weighted by molar-refractivity contribution is 8.26. The van der Waals surface area contributed by atoms with E-state index in [1.807, 2.05) is 18.2 Å². The van der Waals surface area contributed by atoms with E-state index >= 15 is 0 Å². The van der Waals surface area contributed by atoms with Crippen LogP contribution in [0.25, 0.3) is 5.57 Å². The molecule has 2 aliphatic rings. The van der Waals surface area contributed by atoms with Crippen molar-refractivity contribution < 1.29 is 14.4 Å². The third kappa shape index (κ3) is 4.65. The maximum absolute atomic E-state index is 13.6. The van der Waals surface area contributed by atoms with Crippen LogP contribution < -0.4 is 10.2 Å². The van der Waals surface area contributed by atoms with Gasteiger partial charge in [-0.05, 0) is 42.0 Å². The number of fused-ring (bicyclic) bond motifs is 1. The Morgan fingerprint density at radius 3 is 2.33 bits per heavy atom. The molecule has 0 spiro atoms. The fourth-order valence-corrected chi connectivity index (χ4v) is 5.66. The number of nitrogens with one attached hydrogen (secondary N) is 1. The van der Waals surface area contributed by atoms with Gasteiger partial charge in [0.25, 0.3) is 11.8 Å². The standard InChI is InChI=1S/C26H17Cl2N3O3S2/c27-16-9-11-17(12-10-16)29-21(32)14-30-20-8-4-2-6-18(20)22(24(30)33)23-25(34)31(26(35)36-23)13-15-5-1-3-7-19(15)28/h1-12H,13-14H2,(H,29,32). The molecule has 1 N–H and O–H groups in total. The number of amides is 3. The number of nitrogens with zero attached hydrogens (tertiary/aromatic N) is 2. The average Bonchev–Trinajstić information content (AvgIpc) is 3.29. The highest BCUT2D eigenvalue weighted by atomic mass is 35.5. The predicted molar refractivity (Wildman–Crippen MR) is 148 cm³/mol. The lowest BCUT2D eigenvalue weighted by molar-refractivity contribution is -0.122. The Bertz CT molecular complexity index is 1460. The van der Waals surface area contributed by atoms with Gasteiger partial charge in [-0.15, -0.1) is 0 Å². The largest absolute Gasteiger partial charge is 0.325 e. The van der Waals surface area contributed by atoms with Crippen molar-refractivity contribution in [2.24, 2.45) is 0 Å². The number of halogens is 2. The van der Waals surface area contributed by atoms with Gasteiger partial charge in [-0.2, -0.15) is 0 Å². The summed E-state index contributed by atoms with van der Waals surface area (Å²) in [5.74, 6) is -1.18. The van der Waals surface area contributed by atoms with Gasteiger partial charge in [-0.3, -0.25) is 24.2 Å². The summed E-state index contributed by atoms with van der Waals surface area (Å²) in [5, 5.41) is 3.84. The van der Waals surface area contributed by atoms with Crippen LogP contribution in [0.4, 0.5) is 11.4 Å². The quantitative estimate of drug-likeness (QED) is 0.321. The molecule has 0 saturated carbocycles. The highest BCUT2D eigenvalue weighted by Crippen LogP contribution is 2.45. The first kappa shape index (κ1) is 24.5. The zero-order valence-electron chi connectivity index (χ0n) is 18.5. The van der Waals surface area contributed by atoms with Crippen molar-refractivity contribution in [3.05, 3.63) is 98.9 Å². The molecule has 0 aliphatic carbocycles. The molecular formula is C26H17Cl2N3O3S2. The van der Waals surface area contributed by atoms with Crippen molar-refractivity contribution in [3.8, 4) is 0 Å². The first-order valence-electron chi connectivity index (χ1n) is 10.8. The van der Waals surface area contributed by atoms with Gasteiger partial charge in [-0.1, -0.05) is 83.6 Å². The number of hydrogen-bond acceptors (Lipinski definition) is 5. The van der Waals surface area contributed by atoms with Crippen molar-refractivity contribution in [1.82, 2.24) is 4.90 Å². The lowest BCUT2D eigenvalue weighted by Crippen LogP contribution is -2.35. The monoisotopic (exact) mass is 553 g/mol. The molecule has 10 heteroatoms. The van der Waals surface area contributed by atoms with E-state index in [9.17, 15) is 14.4 Å². The Labute approximate surface area is 226 Å². The van der Waals surface area contributed by atoms with Gasteiger partial charge in [0.15, 0.2) is 0 Å². The third-order valence-electron chi connectivity index (χ3n) is 5.72. The van der Waals surface area contributed by atoms with Gasteiger partial charge in [0, 0.05) is 21.3 Å². The summed E-state index contributed by atoms with van der Waals surface area (Å²) in [6, 6.07) is 21.0. The molecule has 5 rings (SSSR count). The van der Waals surface area contributed by atoms with E-state index in [1.54, 1.807) is 54.6 Å². The second kappa shape index (κ2) is 10.1. The molecule has 2 heterocycles. The molecule has 1 saturated heterocycles. The minimum atomic E-state index is -0.430. The SMILES string of the molecule is O=C(CN1C(=O)C(=C2SC(=S)N(Cc3ccccc3Cl)C2=O)c2ccccc21)Nc1ccc(Cl)cc1. The van der Waals surface area contributed by atoms with E-state index in [1.165, 1.54) is 9.80 Å². The summed E-state index contributed by atoms with van der Waals surface area (Å²) in [4.78, 5) is 42.8. The molecule has 0 bridgehead atoms.